The maximum atomic E-state index is 11.9. The number of rotatable bonds is 5. The number of esters is 1. The van der Waals surface area contributed by atoms with E-state index in [1.807, 2.05) is 20.8 Å². The van der Waals surface area contributed by atoms with Crippen LogP contribution in [0.3, 0.4) is 0 Å². The van der Waals surface area contributed by atoms with E-state index in [1.54, 1.807) is 12.1 Å². The number of hydrogen-bond acceptors (Lipinski definition) is 5. The summed E-state index contributed by atoms with van der Waals surface area (Å²) in [5, 5.41) is 12.5. The topological polar surface area (TPSA) is 84.9 Å². The van der Waals surface area contributed by atoms with Crippen LogP contribution in [0.15, 0.2) is 22.7 Å². The summed E-state index contributed by atoms with van der Waals surface area (Å²) in [4.78, 5) is 23.7. The first-order chi connectivity index (χ1) is 11.0. The average molecular weight is 400 g/mol. The minimum Gasteiger partial charge on any atom is -0.503 e. The van der Waals surface area contributed by atoms with E-state index in [2.05, 4.69) is 21.2 Å². The summed E-state index contributed by atoms with van der Waals surface area (Å²) in [7, 11) is 1.43. The number of carbonyl (C=O) groups excluding carboxylic acids is 2. The van der Waals surface area contributed by atoms with Gasteiger partial charge in [0.2, 0.25) is 0 Å². The van der Waals surface area contributed by atoms with E-state index < -0.39 is 17.6 Å². The molecule has 0 aliphatic heterocycles. The summed E-state index contributed by atoms with van der Waals surface area (Å²) in [6.45, 7) is 7.03. The lowest BCUT2D eigenvalue weighted by Gasteiger charge is -2.22. The average Bonchev–Trinajstić information content (AvgIpc) is 2.46. The molecular formula is C17H22BrNO5. The molecule has 0 heterocycles. The van der Waals surface area contributed by atoms with E-state index >= 15 is 0 Å². The van der Waals surface area contributed by atoms with Crippen molar-refractivity contribution in [3.63, 3.8) is 0 Å². The van der Waals surface area contributed by atoms with Gasteiger partial charge >= 0.3 is 5.97 Å². The third-order valence-corrected chi connectivity index (χ3v) is 3.45. The van der Waals surface area contributed by atoms with Gasteiger partial charge in [-0.2, -0.15) is 0 Å². The van der Waals surface area contributed by atoms with Crippen molar-refractivity contribution in [2.24, 2.45) is 0 Å². The highest BCUT2D eigenvalue weighted by Gasteiger charge is 2.21. The molecule has 0 aromatic heterocycles. The Bertz CT molecular complexity index is 649. The molecule has 0 spiro atoms. The standard InChI is InChI=1S/C17H22BrNO5/c1-10(16(22)19-17(2,3)4)24-14(20)7-6-11-8-12(18)15(21)13(9-11)23-5/h6-10,21H,1-5H3,(H,19,22)/b7-6+/t10-/m0/s1. The molecule has 7 heteroatoms. The highest BCUT2D eigenvalue weighted by molar-refractivity contribution is 9.10. The van der Waals surface area contributed by atoms with Crippen LogP contribution < -0.4 is 10.1 Å². The summed E-state index contributed by atoms with van der Waals surface area (Å²) >= 11 is 3.20. The summed E-state index contributed by atoms with van der Waals surface area (Å²) in [5.41, 5.74) is 0.225. The summed E-state index contributed by atoms with van der Waals surface area (Å²) in [6, 6.07) is 3.19. The third kappa shape index (κ3) is 6.23. The van der Waals surface area contributed by atoms with Gasteiger partial charge in [0.1, 0.15) is 0 Å². The molecule has 0 aliphatic carbocycles. The maximum Gasteiger partial charge on any atom is 0.331 e. The largest absolute Gasteiger partial charge is 0.503 e. The zero-order chi connectivity index (χ0) is 18.5. The summed E-state index contributed by atoms with van der Waals surface area (Å²) in [5.74, 6) is -0.756. The van der Waals surface area contributed by atoms with Crippen LogP contribution in [0.2, 0.25) is 0 Å². The Hall–Kier alpha value is -2.02. The number of ether oxygens (including phenoxy) is 2. The van der Waals surface area contributed by atoms with Gasteiger partial charge in [-0.25, -0.2) is 4.79 Å². The van der Waals surface area contributed by atoms with Crippen molar-refractivity contribution in [1.82, 2.24) is 5.32 Å². The number of phenols is 1. The SMILES string of the molecule is COc1cc(/C=C/C(=O)O[C@@H](C)C(=O)NC(C)(C)C)cc(Br)c1O. The fraction of sp³-hybridized carbons (Fsp3) is 0.412. The molecule has 0 aliphatic rings. The second kappa shape index (κ2) is 8.19. The smallest absolute Gasteiger partial charge is 0.331 e. The Morgan fingerprint density at radius 1 is 1.33 bits per heavy atom. The second-order valence-corrected chi connectivity index (χ2v) is 7.06. The lowest BCUT2D eigenvalue weighted by atomic mass is 10.1. The fourth-order valence-electron chi connectivity index (χ4n) is 1.75. The van der Waals surface area contributed by atoms with Crippen molar-refractivity contribution in [1.29, 1.82) is 0 Å². The summed E-state index contributed by atoms with van der Waals surface area (Å²) < 4.78 is 10.5. The van der Waals surface area contributed by atoms with Crippen molar-refractivity contribution in [3.05, 3.63) is 28.2 Å². The molecule has 0 saturated carbocycles. The number of aromatic hydroxyl groups is 1. The maximum absolute atomic E-state index is 11.9. The Morgan fingerprint density at radius 2 is 1.96 bits per heavy atom. The molecule has 132 valence electrons. The van der Waals surface area contributed by atoms with E-state index in [9.17, 15) is 14.7 Å². The zero-order valence-electron chi connectivity index (χ0n) is 14.3. The number of hydrogen-bond donors (Lipinski definition) is 2. The van der Waals surface area contributed by atoms with Gasteiger partial charge in [-0.15, -0.1) is 0 Å². The predicted molar refractivity (Wildman–Crippen MR) is 94.8 cm³/mol. The first-order valence-electron chi connectivity index (χ1n) is 7.30. The van der Waals surface area contributed by atoms with Crippen molar-refractivity contribution in [2.75, 3.05) is 7.11 Å². The minimum atomic E-state index is -0.900. The molecule has 24 heavy (non-hydrogen) atoms. The molecule has 0 saturated heterocycles. The molecule has 0 radical (unpaired) electrons. The molecule has 0 unspecified atom stereocenters. The van der Waals surface area contributed by atoms with Crippen LogP contribution in [0, 0.1) is 0 Å². The van der Waals surface area contributed by atoms with E-state index in [-0.39, 0.29) is 17.4 Å². The molecule has 1 atom stereocenters. The number of methoxy groups -OCH3 is 1. The second-order valence-electron chi connectivity index (χ2n) is 6.21. The van der Waals surface area contributed by atoms with Gasteiger partial charge in [-0.3, -0.25) is 4.79 Å². The van der Waals surface area contributed by atoms with Gasteiger partial charge in [0, 0.05) is 11.6 Å². The van der Waals surface area contributed by atoms with E-state index in [1.165, 1.54) is 26.2 Å². The van der Waals surface area contributed by atoms with E-state index in [0.717, 1.165) is 0 Å². The first kappa shape index (κ1) is 20.0. The number of halogens is 1. The van der Waals surface area contributed by atoms with Gasteiger partial charge in [0.25, 0.3) is 5.91 Å². The minimum absolute atomic E-state index is 0.0234. The molecule has 1 aromatic rings. The fourth-order valence-corrected chi connectivity index (χ4v) is 2.21. The van der Waals surface area contributed by atoms with E-state index in [0.29, 0.717) is 10.0 Å². The Balaban J connectivity index is 2.73. The number of nitrogens with one attached hydrogen (secondary N) is 1. The van der Waals surface area contributed by atoms with Crippen LogP contribution in [0.25, 0.3) is 6.08 Å². The van der Waals surface area contributed by atoms with Crippen molar-refractivity contribution >= 4 is 33.9 Å². The Kier molecular flexibility index (Phi) is 6.83. The lowest BCUT2D eigenvalue weighted by molar-refractivity contribution is -0.150. The van der Waals surface area contributed by atoms with E-state index in [4.69, 9.17) is 9.47 Å². The van der Waals surface area contributed by atoms with Crippen LogP contribution in [0.4, 0.5) is 0 Å². The van der Waals surface area contributed by atoms with Crippen molar-refractivity contribution in [2.45, 2.75) is 39.3 Å². The third-order valence-electron chi connectivity index (χ3n) is 2.84. The predicted octanol–water partition coefficient (Wildman–Crippen LogP) is 3.02. The van der Waals surface area contributed by atoms with Gasteiger partial charge in [-0.1, -0.05) is 0 Å². The number of carbonyl (C=O) groups is 2. The number of benzene rings is 1. The lowest BCUT2D eigenvalue weighted by Crippen LogP contribution is -2.46. The normalized spacial score (nSPS) is 12.8. The molecule has 0 fully saturated rings. The molecule has 2 N–H and O–H groups in total. The Morgan fingerprint density at radius 3 is 2.50 bits per heavy atom. The number of phenolic OH excluding ortho intramolecular Hbond substituents is 1. The quantitative estimate of drug-likeness (QED) is 0.586. The zero-order valence-corrected chi connectivity index (χ0v) is 15.9. The van der Waals surface area contributed by atoms with Crippen LogP contribution in [0.5, 0.6) is 11.5 Å². The van der Waals surface area contributed by atoms with Gasteiger partial charge in [-0.05, 0) is 67.4 Å². The van der Waals surface area contributed by atoms with Gasteiger partial charge in [0.05, 0.1) is 11.6 Å². The first-order valence-corrected chi connectivity index (χ1v) is 8.10. The van der Waals surface area contributed by atoms with Crippen LogP contribution >= 0.6 is 15.9 Å². The van der Waals surface area contributed by atoms with Crippen LogP contribution in [-0.4, -0.2) is 35.7 Å². The molecule has 6 nitrogen and oxygen atoms in total. The van der Waals surface area contributed by atoms with Gasteiger partial charge < -0.3 is 19.9 Å². The molecular weight excluding hydrogens is 378 g/mol. The monoisotopic (exact) mass is 399 g/mol. The Labute approximate surface area is 150 Å². The molecule has 1 amide bonds. The highest BCUT2D eigenvalue weighted by Crippen LogP contribution is 2.35. The summed E-state index contributed by atoms with van der Waals surface area (Å²) in [6.07, 6.45) is 1.81. The van der Waals surface area contributed by atoms with Gasteiger partial charge in [0.15, 0.2) is 17.6 Å². The number of amides is 1. The van der Waals surface area contributed by atoms with Crippen molar-refractivity contribution in [3.8, 4) is 11.5 Å². The molecule has 1 rings (SSSR count). The van der Waals surface area contributed by atoms with Crippen LogP contribution in [-0.2, 0) is 14.3 Å². The van der Waals surface area contributed by atoms with Crippen LogP contribution in [0.1, 0.15) is 33.3 Å². The molecule has 0 bridgehead atoms. The van der Waals surface area contributed by atoms with Crippen molar-refractivity contribution < 1.29 is 24.2 Å². The highest BCUT2D eigenvalue weighted by atomic mass is 79.9. The molecule has 1 aromatic carbocycles.